The Morgan fingerprint density at radius 3 is 1.76 bits per heavy atom. The van der Waals surface area contributed by atoms with Crippen molar-refractivity contribution >= 4 is 35.0 Å². The van der Waals surface area contributed by atoms with Gasteiger partial charge >= 0.3 is 0 Å². The fourth-order valence-electron chi connectivity index (χ4n) is 1.18. The molecule has 0 unspecified atom stereocenters. The van der Waals surface area contributed by atoms with Gasteiger partial charge in [-0.25, -0.2) is 0 Å². The van der Waals surface area contributed by atoms with Crippen molar-refractivity contribution < 1.29 is 19.8 Å². The van der Waals surface area contributed by atoms with Gasteiger partial charge in [0.15, 0.2) is 5.75 Å². The summed E-state index contributed by atoms with van der Waals surface area (Å²) in [6.07, 6.45) is 0. The zero-order valence-electron chi connectivity index (χ0n) is 8.28. The maximum atomic E-state index is 11.1. The molecule has 0 saturated heterocycles. The maximum absolute atomic E-state index is 11.1. The molecule has 0 heterocycles. The van der Waals surface area contributed by atoms with Crippen LogP contribution in [-0.2, 0) is 15.2 Å². The first-order chi connectivity index (χ1) is 7.71. The summed E-state index contributed by atoms with van der Waals surface area (Å²) in [6.45, 7) is 0. The lowest BCUT2D eigenvalue weighted by atomic mass is 9.92. The summed E-state index contributed by atoms with van der Waals surface area (Å²) in [6, 6.07) is 1.94. The highest BCUT2D eigenvalue weighted by Gasteiger charge is 2.43. The summed E-state index contributed by atoms with van der Waals surface area (Å²) in [7, 11) is 0. The van der Waals surface area contributed by atoms with E-state index in [0.29, 0.717) is 0 Å². The van der Waals surface area contributed by atoms with Crippen LogP contribution in [0.1, 0.15) is 5.56 Å². The van der Waals surface area contributed by atoms with Crippen LogP contribution < -0.4 is 11.5 Å². The van der Waals surface area contributed by atoms with E-state index >= 15 is 0 Å². The van der Waals surface area contributed by atoms with Crippen molar-refractivity contribution in [2.45, 2.75) is 5.60 Å². The molecule has 1 aromatic rings. The molecule has 0 atom stereocenters. The Balaban J connectivity index is 3.51. The molecule has 0 spiro atoms. The predicted octanol–water partition coefficient (Wildman–Crippen LogP) is -0.143. The molecule has 0 aliphatic heterocycles. The Morgan fingerprint density at radius 2 is 1.47 bits per heavy atom. The molecule has 0 aliphatic rings. The van der Waals surface area contributed by atoms with Crippen molar-refractivity contribution in [3.63, 3.8) is 0 Å². The van der Waals surface area contributed by atoms with Crippen molar-refractivity contribution in [1.29, 1.82) is 0 Å². The molecule has 8 heteroatoms. The first-order valence-corrected chi connectivity index (χ1v) is 4.97. The third-order valence-electron chi connectivity index (χ3n) is 2.15. The van der Waals surface area contributed by atoms with E-state index in [1.54, 1.807) is 0 Å². The van der Waals surface area contributed by atoms with E-state index in [1.807, 2.05) is 0 Å². The van der Waals surface area contributed by atoms with Gasteiger partial charge in [0.25, 0.3) is 11.8 Å². The van der Waals surface area contributed by atoms with Crippen molar-refractivity contribution in [3.8, 4) is 5.75 Å². The molecule has 6 N–H and O–H groups in total. The van der Waals surface area contributed by atoms with E-state index in [9.17, 15) is 19.8 Å². The van der Waals surface area contributed by atoms with Gasteiger partial charge in [0.2, 0.25) is 5.60 Å². The van der Waals surface area contributed by atoms with Crippen LogP contribution in [0.15, 0.2) is 12.1 Å². The third kappa shape index (κ3) is 2.14. The van der Waals surface area contributed by atoms with Crippen molar-refractivity contribution in [2.75, 3.05) is 0 Å². The maximum Gasteiger partial charge on any atom is 0.264 e. The lowest BCUT2D eigenvalue weighted by Gasteiger charge is -2.21. The van der Waals surface area contributed by atoms with E-state index in [1.165, 1.54) is 0 Å². The Bertz CT molecular complexity index is 467. The van der Waals surface area contributed by atoms with E-state index in [-0.39, 0.29) is 15.6 Å². The number of hydrogen-bond donors (Lipinski definition) is 4. The van der Waals surface area contributed by atoms with E-state index in [2.05, 4.69) is 0 Å². The summed E-state index contributed by atoms with van der Waals surface area (Å²) in [4.78, 5) is 22.2. The number of benzene rings is 1. The highest BCUT2D eigenvalue weighted by molar-refractivity contribution is 6.37. The molecule has 1 aromatic carbocycles. The number of carbonyl (C=O) groups is 2. The smallest absolute Gasteiger partial charge is 0.264 e. The van der Waals surface area contributed by atoms with Crippen LogP contribution in [0.3, 0.4) is 0 Å². The average Bonchev–Trinajstić information content (AvgIpc) is 2.23. The number of aromatic hydroxyl groups is 1. The lowest BCUT2D eigenvalue weighted by molar-refractivity contribution is -0.150. The molecule has 0 aliphatic carbocycles. The topological polar surface area (TPSA) is 127 Å². The van der Waals surface area contributed by atoms with E-state index < -0.39 is 23.2 Å². The monoisotopic (exact) mass is 278 g/mol. The van der Waals surface area contributed by atoms with Gasteiger partial charge in [-0.05, 0) is 12.1 Å². The largest absolute Gasteiger partial charge is 0.505 e. The molecular formula is C9H8Cl2N2O4. The van der Waals surface area contributed by atoms with Gasteiger partial charge in [0.1, 0.15) is 0 Å². The molecule has 2 amide bonds. The van der Waals surface area contributed by atoms with Crippen LogP contribution in [-0.4, -0.2) is 22.0 Å². The number of primary amides is 2. The molecule has 0 radical (unpaired) electrons. The Hall–Kier alpha value is -1.50. The third-order valence-corrected chi connectivity index (χ3v) is 2.72. The molecule has 1 rings (SSSR count). The van der Waals surface area contributed by atoms with E-state index in [0.717, 1.165) is 12.1 Å². The normalized spacial score (nSPS) is 11.2. The van der Waals surface area contributed by atoms with Gasteiger partial charge in [-0.1, -0.05) is 23.2 Å². The average molecular weight is 279 g/mol. The number of halogens is 2. The minimum absolute atomic E-state index is 0.256. The molecule has 0 aromatic heterocycles. The Labute approximate surface area is 106 Å². The molecular weight excluding hydrogens is 271 g/mol. The molecule has 92 valence electrons. The first kappa shape index (κ1) is 13.6. The highest BCUT2D eigenvalue weighted by atomic mass is 35.5. The van der Waals surface area contributed by atoms with Gasteiger partial charge in [0.05, 0.1) is 10.0 Å². The van der Waals surface area contributed by atoms with Gasteiger partial charge in [-0.3, -0.25) is 9.59 Å². The number of nitrogens with two attached hydrogens (primary N) is 2. The second-order valence-electron chi connectivity index (χ2n) is 3.23. The molecule has 17 heavy (non-hydrogen) atoms. The van der Waals surface area contributed by atoms with Crippen LogP contribution in [0.25, 0.3) is 0 Å². The van der Waals surface area contributed by atoms with Crippen LogP contribution >= 0.6 is 23.2 Å². The number of rotatable bonds is 3. The van der Waals surface area contributed by atoms with Crippen molar-refractivity contribution in [3.05, 3.63) is 27.7 Å². The Kier molecular flexibility index (Phi) is 3.51. The number of phenols is 1. The number of carbonyl (C=O) groups excluding carboxylic acids is 2. The molecule has 0 fully saturated rings. The SMILES string of the molecule is NC(=O)C(O)(C(N)=O)c1cc(Cl)c(O)c(Cl)c1. The number of hydrogen-bond acceptors (Lipinski definition) is 4. The predicted molar refractivity (Wildman–Crippen MR) is 60.4 cm³/mol. The number of amides is 2. The van der Waals surface area contributed by atoms with Gasteiger partial charge in [-0.15, -0.1) is 0 Å². The van der Waals surface area contributed by atoms with Gasteiger partial charge < -0.3 is 21.7 Å². The zero-order valence-corrected chi connectivity index (χ0v) is 9.79. The second kappa shape index (κ2) is 4.40. The second-order valence-corrected chi connectivity index (χ2v) is 4.04. The molecule has 0 saturated carbocycles. The van der Waals surface area contributed by atoms with Crippen molar-refractivity contribution in [2.24, 2.45) is 11.5 Å². The summed E-state index contributed by atoms with van der Waals surface area (Å²) in [5.41, 5.74) is 6.76. The number of phenolic OH excluding ortho intramolecular Hbond substituents is 1. The highest BCUT2D eigenvalue weighted by Crippen LogP contribution is 2.36. The van der Waals surface area contributed by atoms with Crippen LogP contribution in [0.2, 0.25) is 10.0 Å². The summed E-state index contributed by atoms with van der Waals surface area (Å²) < 4.78 is 0. The summed E-state index contributed by atoms with van der Waals surface area (Å²) >= 11 is 11.2. The van der Waals surface area contributed by atoms with Gasteiger partial charge in [-0.2, -0.15) is 0 Å². The van der Waals surface area contributed by atoms with Crippen LogP contribution in [0.4, 0.5) is 0 Å². The minimum atomic E-state index is -2.74. The lowest BCUT2D eigenvalue weighted by Crippen LogP contribution is -2.51. The van der Waals surface area contributed by atoms with Gasteiger partial charge in [0, 0.05) is 5.56 Å². The molecule has 6 nitrogen and oxygen atoms in total. The summed E-state index contributed by atoms with van der Waals surface area (Å²) in [5.74, 6) is -3.20. The quantitative estimate of drug-likeness (QED) is 0.574. The summed E-state index contributed by atoms with van der Waals surface area (Å²) in [5, 5.41) is 18.6. The van der Waals surface area contributed by atoms with Crippen LogP contribution in [0.5, 0.6) is 5.75 Å². The first-order valence-electron chi connectivity index (χ1n) is 4.22. The van der Waals surface area contributed by atoms with Crippen molar-refractivity contribution in [1.82, 2.24) is 0 Å². The fraction of sp³-hybridized carbons (Fsp3) is 0.111. The van der Waals surface area contributed by atoms with Crippen LogP contribution in [0, 0.1) is 0 Å². The molecule has 0 bridgehead atoms. The number of aliphatic hydroxyl groups is 1. The van der Waals surface area contributed by atoms with E-state index in [4.69, 9.17) is 34.7 Å². The minimum Gasteiger partial charge on any atom is -0.505 e. The Morgan fingerprint density at radius 1 is 1.12 bits per heavy atom. The zero-order chi connectivity index (χ0) is 13.4. The fourth-order valence-corrected chi connectivity index (χ4v) is 1.67. The standard InChI is InChI=1S/C9H8Cl2N2O4/c10-4-1-3(2-5(11)6(4)14)9(17,7(12)15)8(13)16/h1-2,14,17H,(H2,12,15)(H2,13,16).